The quantitative estimate of drug-likeness (QED) is 0.150. The molecule has 0 unspecified atom stereocenters. The molecule has 0 aromatic carbocycles. The number of amides is 1. The molecule has 1 aliphatic carbocycles. The minimum atomic E-state index is -1.17. The van der Waals surface area contributed by atoms with Gasteiger partial charge in [-0.1, -0.05) is 19.6 Å². The largest absolute Gasteiger partial charge is 0.465 e. The molecular formula is C26H41IN4O5Si. The average Bonchev–Trinajstić information content (AvgIpc) is 3.11. The molecule has 1 aliphatic rings. The lowest BCUT2D eigenvalue weighted by Gasteiger charge is -2.31. The van der Waals surface area contributed by atoms with E-state index in [4.69, 9.17) is 14.2 Å². The van der Waals surface area contributed by atoms with Crippen LogP contribution >= 0.6 is 22.6 Å². The van der Waals surface area contributed by atoms with Crippen molar-refractivity contribution in [1.29, 1.82) is 0 Å². The highest BCUT2D eigenvalue weighted by atomic mass is 127. The summed E-state index contributed by atoms with van der Waals surface area (Å²) in [5, 5.41) is 7.46. The molecule has 1 amide bonds. The zero-order valence-corrected chi connectivity index (χ0v) is 26.2. The number of alkyl carbamates (subject to hydrolysis) is 1. The number of carbonyl (C=O) groups excluding carboxylic acids is 2. The summed E-state index contributed by atoms with van der Waals surface area (Å²) in [6.07, 6.45) is 4.55. The summed E-state index contributed by atoms with van der Waals surface area (Å²) in [7, 11) is 0.207. The number of halogens is 1. The van der Waals surface area contributed by atoms with Crippen molar-refractivity contribution in [2.45, 2.75) is 96.6 Å². The molecule has 1 fully saturated rings. The van der Waals surface area contributed by atoms with Crippen molar-refractivity contribution in [2.24, 2.45) is 0 Å². The van der Waals surface area contributed by atoms with Crippen LogP contribution in [0.15, 0.2) is 12.3 Å². The Kier molecular flexibility index (Phi) is 9.89. The first-order chi connectivity index (χ1) is 17.3. The molecule has 206 valence electrons. The lowest BCUT2D eigenvalue weighted by atomic mass is 9.91. The summed E-state index contributed by atoms with van der Waals surface area (Å²) in [5.74, 6) is -0.425. The SMILES string of the molecule is COC(=O)c1cnc2c(cc(I)n2COCC[Si](C)(C)C)c1N[C@H]1CC[C@H](NC(=O)OC(C)(C)C)CC1. The summed E-state index contributed by atoms with van der Waals surface area (Å²) >= 11 is 2.29. The molecule has 2 N–H and O–H groups in total. The van der Waals surface area contributed by atoms with Gasteiger partial charge in [0.05, 0.1) is 16.5 Å². The molecule has 3 rings (SSSR count). The second-order valence-electron chi connectivity index (χ2n) is 11.9. The first-order valence-electron chi connectivity index (χ1n) is 12.9. The van der Waals surface area contributed by atoms with Crippen LogP contribution in [-0.2, 0) is 20.9 Å². The van der Waals surface area contributed by atoms with Gasteiger partial charge in [0, 0.05) is 38.3 Å². The maximum Gasteiger partial charge on any atom is 0.407 e. The molecule has 0 spiro atoms. The molecule has 37 heavy (non-hydrogen) atoms. The van der Waals surface area contributed by atoms with Gasteiger partial charge in [-0.25, -0.2) is 14.6 Å². The third-order valence-electron chi connectivity index (χ3n) is 6.29. The van der Waals surface area contributed by atoms with Crippen LogP contribution in [0.5, 0.6) is 0 Å². The summed E-state index contributed by atoms with van der Waals surface area (Å²) in [5.41, 5.74) is 1.40. The van der Waals surface area contributed by atoms with Crippen LogP contribution in [0.4, 0.5) is 10.5 Å². The number of rotatable bonds is 9. The topological polar surface area (TPSA) is 104 Å². The number of ether oxygens (including phenoxy) is 3. The van der Waals surface area contributed by atoms with Crippen molar-refractivity contribution in [3.05, 3.63) is 21.5 Å². The molecule has 2 heterocycles. The van der Waals surface area contributed by atoms with Crippen molar-refractivity contribution in [3.8, 4) is 0 Å². The van der Waals surface area contributed by atoms with Crippen LogP contribution in [0.3, 0.4) is 0 Å². The molecular weight excluding hydrogens is 603 g/mol. The summed E-state index contributed by atoms with van der Waals surface area (Å²) < 4.78 is 19.5. The lowest BCUT2D eigenvalue weighted by Crippen LogP contribution is -2.42. The van der Waals surface area contributed by atoms with Crippen LogP contribution in [0.25, 0.3) is 11.0 Å². The molecule has 11 heteroatoms. The highest BCUT2D eigenvalue weighted by molar-refractivity contribution is 14.1. The minimum absolute atomic E-state index is 0.0702. The van der Waals surface area contributed by atoms with E-state index in [0.717, 1.165) is 58.8 Å². The van der Waals surface area contributed by atoms with Crippen molar-refractivity contribution in [3.63, 3.8) is 0 Å². The first-order valence-corrected chi connectivity index (χ1v) is 17.7. The fourth-order valence-electron chi connectivity index (χ4n) is 4.30. The zero-order valence-electron chi connectivity index (χ0n) is 23.1. The van der Waals surface area contributed by atoms with Crippen molar-refractivity contribution < 1.29 is 23.8 Å². The van der Waals surface area contributed by atoms with Crippen molar-refractivity contribution in [2.75, 3.05) is 19.0 Å². The Bertz CT molecular complexity index is 1100. The van der Waals surface area contributed by atoms with Gasteiger partial charge in [-0.15, -0.1) is 0 Å². The Labute approximate surface area is 234 Å². The number of pyridine rings is 1. The second-order valence-corrected chi connectivity index (χ2v) is 18.6. The number of anilines is 1. The molecule has 2 aromatic rings. The number of hydrogen-bond acceptors (Lipinski definition) is 7. The van der Waals surface area contributed by atoms with Gasteiger partial charge in [0.15, 0.2) is 0 Å². The maximum atomic E-state index is 12.6. The Balaban J connectivity index is 1.74. The van der Waals surface area contributed by atoms with Gasteiger partial charge in [-0.3, -0.25) is 4.57 Å². The fraction of sp³-hybridized carbons (Fsp3) is 0.654. The van der Waals surface area contributed by atoms with Crippen LogP contribution in [0, 0.1) is 3.70 Å². The van der Waals surface area contributed by atoms with Gasteiger partial charge in [0.1, 0.15) is 23.5 Å². The highest BCUT2D eigenvalue weighted by Crippen LogP contribution is 2.33. The molecule has 2 aromatic heterocycles. The number of fused-ring (bicyclic) bond motifs is 1. The van der Waals surface area contributed by atoms with Crippen molar-refractivity contribution >= 4 is 59.4 Å². The standard InChI is InChI=1S/C26H41IN4O5Si/c1-26(2,3)36-25(33)30-18-10-8-17(9-11-18)29-22-19-14-21(27)31(16-35-12-13-37(5,6)7)23(19)28-15-20(22)24(32)34-4/h14-15,17-18H,8-13,16H2,1-7H3,(H,28,29)(H,30,33)/t17-,18-. The van der Waals surface area contributed by atoms with E-state index in [0.29, 0.717) is 12.3 Å². The van der Waals surface area contributed by atoms with Crippen LogP contribution < -0.4 is 10.6 Å². The highest BCUT2D eigenvalue weighted by Gasteiger charge is 2.27. The molecule has 0 bridgehead atoms. The van der Waals surface area contributed by atoms with Gasteiger partial charge in [-0.05, 0) is 81.2 Å². The van der Waals surface area contributed by atoms with E-state index in [9.17, 15) is 9.59 Å². The van der Waals surface area contributed by atoms with Crippen LogP contribution in [0.1, 0.15) is 56.8 Å². The predicted octanol–water partition coefficient (Wildman–Crippen LogP) is 5.99. The first kappa shape index (κ1) is 29.7. The van der Waals surface area contributed by atoms with E-state index >= 15 is 0 Å². The average molecular weight is 645 g/mol. The lowest BCUT2D eigenvalue weighted by molar-refractivity contribution is 0.0491. The normalized spacial score (nSPS) is 18.5. The number of hydrogen-bond donors (Lipinski definition) is 2. The van der Waals surface area contributed by atoms with Crippen LogP contribution in [0.2, 0.25) is 25.7 Å². The van der Waals surface area contributed by atoms with Gasteiger partial charge < -0.3 is 24.8 Å². The van der Waals surface area contributed by atoms with Crippen molar-refractivity contribution in [1.82, 2.24) is 14.9 Å². The van der Waals surface area contributed by atoms with E-state index in [1.807, 2.05) is 31.4 Å². The number of methoxy groups -OCH3 is 1. The number of aromatic nitrogens is 2. The second kappa shape index (κ2) is 12.3. The van der Waals surface area contributed by atoms with Gasteiger partial charge in [0.25, 0.3) is 0 Å². The van der Waals surface area contributed by atoms with E-state index in [-0.39, 0.29) is 18.2 Å². The van der Waals surface area contributed by atoms with Crippen LogP contribution in [-0.4, -0.2) is 61.1 Å². The minimum Gasteiger partial charge on any atom is -0.465 e. The summed E-state index contributed by atoms with van der Waals surface area (Å²) in [6, 6.07) is 3.36. The maximum absolute atomic E-state index is 12.6. The Morgan fingerprint density at radius 1 is 1.16 bits per heavy atom. The smallest absolute Gasteiger partial charge is 0.407 e. The molecule has 0 aliphatic heterocycles. The Morgan fingerprint density at radius 3 is 2.41 bits per heavy atom. The zero-order chi connectivity index (χ0) is 27.4. The van der Waals surface area contributed by atoms with E-state index < -0.39 is 19.6 Å². The molecule has 0 atom stereocenters. The number of esters is 1. The van der Waals surface area contributed by atoms with E-state index in [2.05, 4.69) is 57.8 Å². The Morgan fingerprint density at radius 2 is 1.81 bits per heavy atom. The summed E-state index contributed by atoms with van der Waals surface area (Å²) in [6.45, 7) is 13.7. The van der Waals surface area contributed by atoms with E-state index in [1.165, 1.54) is 7.11 Å². The number of nitrogens with one attached hydrogen (secondary N) is 2. The fourth-order valence-corrected chi connectivity index (χ4v) is 5.74. The molecule has 1 saturated carbocycles. The molecule has 0 saturated heterocycles. The van der Waals surface area contributed by atoms with Gasteiger partial charge >= 0.3 is 12.1 Å². The number of nitrogens with zero attached hydrogens (tertiary/aromatic N) is 2. The monoisotopic (exact) mass is 644 g/mol. The Hall–Kier alpha value is -1.86. The third kappa shape index (κ3) is 8.57. The predicted molar refractivity (Wildman–Crippen MR) is 157 cm³/mol. The number of carbonyl (C=O) groups is 2. The molecule has 9 nitrogen and oxygen atoms in total. The van der Waals surface area contributed by atoms with E-state index in [1.54, 1.807) is 6.20 Å². The van der Waals surface area contributed by atoms with Gasteiger partial charge in [0.2, 0.25) is 0 Å². The molecule has 0 radical (unpaired) electrons. The van der Waals surface area contributed by atoms with Gasteiger partial charge in [-0.2, -0.15) is 0 Å². The summed E-state index contributed by atoms with van der Waals surface area (Å²) in [4.78, 5) is 29.4. The third-order valence-corrected chi connectivity index (χ3v) is 8.89.